The van der Waals surface area contributed by atoms with Crippen LogP contribution in [0.4, 0.5) is 0 Å². The summed E-state index contributed by atoms with van der Waals surface area (Å²) in [6.45, 7) is 1.08. The van der Waals surface area contributed by atoms with Crippen molar-refractivity contribution < 1.29 is 23.1 Å². The molecule has 0 saturated carbocycles. The van der Waals surface area contributed by atoms with Gasteiger partial charge in [0.15, 0.2) is 0 Å². The van der Waals surface area contributed by atoms with Gasteiger partial charge in [0.2, 0.25) is 10.0 Å². The molecule has 0 bridgehead atoms. The minimum Gasteiger partial charge on any atom is -0.481 e. The Balaban J connectivity index is 2.04. The molecule has 8 heteroatoms. The van der Waals surface area contributed by atoms with Crippen molar-refractivity contribution in [2.45, 2.75) is 37.0 Å². The first-order valence-electron chi connectivity index (χ1n) is 8.01. The maximum absolute atomic E-state index is 12.6. The predicted octanol–water partition coefficient (Wildman–Crippen LogP) is 1.46. The van der Waals surface area contributed by atoms with Gasteiger partial charge in [0, 0.05) is 25.2 Å². The Morgan fingerprint density at radius 3 is 2.17 bits per heavy atom. The number of sulfonamides is 1. The Bertz CT molecular complexity index is 677. The van der Waals surface area contributed by atoms with Gasteiger partial charge in [-0.3, -0.25) is 9.59 Å². The maximum atomic E-state index is 12.6. The number of carboxylic acids is 1. The number of amides is 1. The summed E-state index contributed by atoms with van der Waals surface area (Å²) in [5.41, 5.74) is 0.301. The third-order valence-corrected chi connectivity index (χ3v) is 5.86. The Morgan fingerprint density at radius 1 is 1.04 bits per heavy atom. The van der Waals surface area contributed by atoms with Gasteiger partial charge in [-0.1, -0.05) is 12.8 Å². The molecule has 1 saturated heterocycles. The number of benzene rings is 1. The minimum absolute atomic E-state index is 0.0298. The number of rotatable bonds is 6. The topological polar surface area (TPSA) is 104 Å². The molecule has 0 atom stereocenters. The van der Waals surface area contributed by atoms with Crippen molar-refractivity contribution in [3.8, 4) is 0 Å². The van der Waals surface area contributed by atoms with E-state index >= 15 is 0 Å². The molecule has 0 spiro atoms. The number of carbonyl (C=O) groups excluding carboxylic acids is 1. The zero-order valence-corrected chi connectivity index (χ0v) is 14.2. The third kappa shape index (κ3) is 4.78. The molecule has 132 valence electrons. The summed E-state index contributed by atoms with van der Waals surface area (Å²) >= 11 is 0. The lowest BCUT2D eigenvalue weighted by Crippen LogP contribution is -2.32. The van der Waals surface area contributed by atoms with E-state index in [9.17, 15) is 18.0 Å². The first-order chi connectivity index (χ1) is 11.4. The fourth-order valence-electron chi connectivity index (χ4n) is 2.59. The summed E-state index contributed by atoms with van der Waals surface area (Å²) in [7, 11) is -3.53. The van der Waals surface area contributed by atoms with Crippen LogP contribution in [0.1, 0.15) is 42.5 Å². The van der Waals surface area contributed by atoms with Crippen LogP contribution >= 0.6 is 0 Å². The summed E-state index contributed by atoms with van der Waals surface area (Å²) in [4.78, 5) is 22.5. The van der Waals surface area contributed by atoms with Crippen molar-refractivity contribution >= 4 is 21.9 Å². The van der Waals surface area contributed by atoms with Crippen LogP contribution in [0.3, 0.4) is 0 Å². The van der Waals surface area contributed by atoms with Crippen LogP contribution in [0.5, 0.6) is 0 Å². The molecule has 0 unspecified atom stereocenters. The van der Waals surface area contributed by atoms with E-state index in [1.165, 1.54) is 28.6 Å². The molecule has 2 rings (SSSR count). The van der Waals surface area contributed by atoms with Crippen LogP contribution in [0.15, 0.2) is 29.2 Å². The Hall–Kier alpha value is -1.93. The van der Waals surface area contributed by atoms with Gasteiger partial charge in [-0.15, -0.1) is 0 Å². The van der Waals surface area contributed by atoms with Gasteiger partial charge in [0.05, 0.1) is 11.3 Å². The fourth-order valence-corrected chi connectivity index (χ4v) is 4.11. The van der Waals surface area contributed by atoms with E-state index in [0.717, 1.165) is 25.7 Å². The van der Waals surface area contributed by atoms with Crippen molar-refractivity contribution in [3.05, 3.63) is 29.8 Å². The normalized spacial score (nSPS) is 16.3. The Labute approximate surface area is 141 Å². The molecule has 1 amide bonds. The molecule has 0 aliphatic carbocycles. The van der Waals surface area contributed by atoms with E-state index in [1.807, 2.05) is 0 Å². The molecular formula is C16H22N2O5S. The smallest absolute Gasteiger partial charge is 0.305 e. The van der Waals surface area contributed by atoms with Crippen LogP contribution in [0, 0.1) is 0 Å². The lowest BCUT2D eigenvalue weighted by molar-refractivity contribution is -0.136. The number of nitrogens with one attached hydrogen (secondary N) is 1. The number of carbonyl (C=O) groups is 2. The van der Waals surface area contributed by atoms with Crippen LogP contribution in [0.25, 0.3) is 0 Å². The largest absolute Gasteiger partial charge is 0.481 e. The zero-order valence-electron chi connectivity index (χ0n) is 13.4. The lowest BCUT2D eigenvalue weighted by Gasteiger charge is -2.20. The number of carboxylic acid groups (broad SMARTS) is 1. The van der Waals surface area contributed by atoms with Crippen molar-refractivity contribution in [1.29, 1.82) is 0 Å². The van der Waals surface area contributed by atoms with E-state index in [0.29, 0.717) is 18.7 Å². The second-order valence-electron chi connectivity index (χ2n) is 5.74. The van der Waals surface area contributed by atoms with Crippen molar-refractivity contribution in [2.24, 2.45) is 0 Å². The predicted molar refractivity (Wildman–Crippen MR) is 88.3 cm³/mol. The van der Waals surface area contributed by atoms with Gasteiger partial charge in [0.25, 0.3) is 5.91 Å². The quantitative estimate of drug-likeness (QED) is 0.805. The van der Waals surface area contributed by atoms with Crippen LogP contribution in [-0.2, 0) is 14.8 Å². The van der Waals surface area contributed by atoms with E-state index in [-0.39, 0.29) is 17.9 Å². The third-order valence-electron chi connectivity index (χ3n) is 3.94. The van der Waals surface area contributed by atoms with Crippen LogP contribution in [0.2, 0.25) is 0 Å². The molecule has 1 aliphatic rings. The summed E-state index contributed by atoms with van der Waals surface area (Å²) in [5.74, 6) is -1.41. The SMILES string of the molecule is O=C(O)CCNC(=O)c1ccc(S(=O)(=O)N2CCCCCC2)cc1. The molecular weight excluding hydrogens is 332 g/mol. The van der Waals surface area contributed by atoms with Crippen molar-refractivity contribution in [2.75, 3.05) is 19.6 Å². The van der Waals surface area contributed by atoms with Crippen molar-refractivity contribution in [3.63, 3.8) is 0 Å². The van der Waals surface area contributed by atoms with Gasteiger partial charge in [-0.2, -0.15) is 4.31 Å². The molecule has 0 radical (unpaired) electrons. The van der Waals surface area contributed by atoms with Gasteiger partial charge in [0.1, 0.15) is 0 Å². The number of nitrogens with zero attached hydrogens (tertiary/aromatic N) is 1. The number of aliphatic carboxylic acids is 1. The van der Waals surface area contributed by atoms with Gasteiger partial charge in [-0.05, 0) is 37.1 Å². The highest BCUT2D eigenvalue weighted by Crippen LogP contribution is 2.20. The molecule has 1 heterocycles. The first kappa shape index (κ1) is 18.4. The molecule has 7 nitrogen and oxygen atoms in total. The molecule has 1 fully saturated rings. The fraction of sp³-hybridized carbons (Fsp3) is 0.500. The summed E-state index contributed by atoms with van der Waals surface area (Å²) in [5, 5.41) is 11.0. The second kappa shape index (κ2) is 8.25. The maximum Gasteiger partial charge on any atom is 0.305 e. The minimum atomic E-state index is -3.53. The average Bonchev–Trinajstić information content (AvgIpc) is 2.84. The van der Waals surface area contributed by atoms with E-state index in [4.69, 9.17) is 5.11 Å². The summed E-state index contributed by atoms with van der Waals surface area (Å²) < 4.78 is 26.8. The zero-order chi connectivity index (χ0) is 17.6. The van der Waals surface area contributed by atoms with Gasteiger partial charge in [-0.25, -0.2) is 8.42 Å². The number of hydrogen-bond acceptors (Lipinski definition) is 4. The molecule has 1 aromatic carbocycles. The molecule has 24 heavy (non-hydrogen) atoms. The van der Waals surface area contributed by atoms with Gasteiger partial charge >= 0.3 is 5.97 Å². The average molecular weight is 354 g/mol. The lowest BCUT2D eigenvalue weighted by atomic mass is 10.2. The highest BCUT2D eigenvalue weighted by Gasteiger charge is 2.25. The van der Waals surface area contributed by atoms with Gasteiger partial charge < -0.3 is 10.4 Å². The summed E-state index contributed by atoms with van der Waals surface area (Å²) in [6.07, 6.45) is 3.66. The van der Waals surface area contributed by atoms with E-state index in [2.05, 4.69) is 5.32 Å². The Kier molecular flexibility index (Phi) is 6.33. The van der Waals surface area contributed by atoms with Crippen LogP contribution < -0.4 is 5.32 Å². The highest BCUT2D eigenvalue weighted by molar-refractivity contribution is 7.89. The van der Waals surface area contributed by atoms with E-state index in [1.54, 1.807) is 0 Å². The van der Waals surface area contributed by atoms with E-state index < -0.39 is 21.9 Å². The van der Waals surface area contributed by atoms with Crippen molar-refractivity contribution in [1.82, 2.24) is 9.62 Å². The second-order valence-corrected chi connectivity index (χ2v) is 7.68. The highest BCUT2D eigenvalue weighted by atomic mass is 32.2. The molecule has 1 aliphatic heterocycles. The summed E-state index contributed by atoms with van der Waals surface area (Å²) in [6, 6.07) is 5.74. The monoisotopic (exact) mass is 354 g/mol. The first-order valence-corrected chi connectivity index (χ1v) is 9.45. The van der Waals surface area contributed by atoms with Crippen LogP contribution in [-0.4, -0.2) is 49.3 Å². The number of hydrogen-bond donors (Lipinski definition) is 2. The molecule has 1 aromatic rings. The molecule has 2 N–H and O–H groups in total. The standard InChI is InChI=1S/C16H22N2O5S/c19-15(20)9-10-17-16(21)13-5-7-14(8-6-13)24(22,23)18-11-3-1-2-4-12-18/h5-8H,1-4,9-12H2,(H,17,21)(H,19,20). The molecule has 0 aromatic heterocycles. The Morgan fingerprint density at radius 2 is 1.62 bits per heavy atom.